The van der Waals surface area contributed by atoms with Gasteiger partial charge in [0.2, 0.25) is 3.62 Å². The lowest BCUT2D eigenvalue weighted by Crippen LogP contribution is -2.69. The maximum Gasteiger partial charge on any atom is 0.537 e. The molecule has 0 aromatic rings. The van der Waals surface area contributed by atoms with Crippen molar-refractivity contribution in [1.29, 1.82) is 0 Å². The molecule has 2 atom stereocenters. The molecule has 0 bridgehead atoms. The molecule has 0 rings (SSSR count). The fourth-order valence-electron chi connectivity index (χ4n) is 1.48. The Morgan fingerprint density at radius 1 is 1.03 bits per heavy atom. The van der Waals surface area contributed by atoms with E-state index >= 15 is 0 Å². The Labute approximate surface area is 177 Å². The number of hydroxylamine groups is 1. The molecule has 0 spiro atoms. The van der Waals surface area contributed by atoms with Gasteiger partial charge in [0.25, 0.3) is 10.0 Å². The standard InChI is InChI=1S/C7H9BrClF7N2O9S3/c1-3-26-7(17(16)28(19,20)4(8)9,30(23,24)27-5(10,11)12)18(25-2)29(21,22)6(13,14)15/h4H,3H2,1-2H3. The summed E-state index contributed by atoms with van der Waals surface area (Å²) in [5, 5.41) is -5.42. The van der Waals surface area contributed by atoms with E-state index in [2.05, 4.69) is 13.8 Å². The molecule has 0 aliphatic rings. The molecule has 0 aliphatic carbocycles. The van der Waals surface area contributed by atoms with Gasteiger partial charge in [0, 0.05) is 11.1 Å². The number of hydrogen-bond acceptors (Lipinski definition) is 9. The van der Waals surface area contributed by atoms with Crippen LogP contribution in [0.5, 0.6) is 0 Å². The molecule has 0 saturated heterocycles. The Hall–Kier alpha value is -0.0700. The highest BCUT2D eigenvalue weighted by Crippen LogP contribution is 2.43. The van der Waals surface area contributed by atoms with Crippen LogP contribution in [0.25, 0.3) is 0 Å². The average molecular weight is 610 g/mol. The van der Waals surface area contributed by atoms with Crippen molar-refractivity contribution in [2.75, 3.05) is 13.7 Å². The number of ether oxygens (including phenoxy) is 1. The van der Waals surface area contributed by atoms with E-state index in [0.717, 1.165) is 0 Å². The minimum atomic E-state index is -7.28. The predicted molar refractivity (Wildman–Crippen MR) is 84.7 cm³/mol. The highest BCUT2D eigenvalue weighted by Gasteiger charge is 2.72. The smallest absolute Gasteiger partial charge is 0.328 e. The lowest BCUT2D eigenvalue weighted by Gasteiger charge is -2.40. The molecule has 30 heavy (non-hydrogen) atoms. The van der Waals surface area contributed by atoms with Crippen molar-refractivity contribution in [3.63, 3.8) is 0 Å². The van der Waals surface area contributed by atoms with Gasteiger partial charge < -0.3 is 4.74 Å². The second kappa shape index (κ2) is 9.43. The van der Waals surface area contributed by atoms with Crippen LogP contribution in [0.1, 0.15) is 6.92 Å². The van der Waals surface area contributed by atoms with Crippen molar-refractivity contribution in [1.82, 2.24) is 9.00 Å². The number of alkyl halides is 8. The van der Waals surface area contributed by atoms with E-state index in [1.54, 1.807) is 0 Å². The van der Waals surface area contributed by atoms with E-state index in [0.29, 0.717) is 6.92 Å². The fourth-order valence-corrected chi connectivity index (χ4v) is 5.78. The summed E-state index contributed by atoms with van der Waals surface area (Å²) in [5.41, 5.74) is -6.57. The van der Waals surface area contributed by atoms with Gasteiger partial charge in [-0.15, -0.1) is 17.7 Å². The first kappa shape index (κ1) is 29.9. The molecule has 0 aromatic carbocycles. The van der Waals surface area contributed by atoms with Crippen LogP contribution < -0.4 is 0 Å². The van der Waals surface area contributed by atoms with Gasteiger partial charge in [0.1, 0.15) is 0 Å². The third-order valence-electron chi connectivity index (χ3n) is 2.44. The van der Waals surface area contributed by atoms with Gasteiger partial charge in [-0.25, -0.2) is 16.8 Å². The van der Waals surface area contributed by atoms with Crippen LogP contribution in [0.15, 0.2) is 0 Å². The van der Waals surface area contributed by atoms with E-state index in [1.807, 2.05) is 15.9 Å². The normalized spacial score (nSPS) is 17.9. The van der Waals surface area contributed by atoms with Crippen molar-refractivity contribution in [2.24, 2.45) is 0 Å². The molecule has 2 unspecified atom stereocenters. The van der Waals surface area contributed by atoms with E-state index in [4.69, 9.17) is 11.6 Å². The third-order valence-corrected chi connectivity index (χ3v) is 8.83. The SMILES string of the molecule is CCOC(N(F)S(=O)(=O)C(Cl)Br)(N(OC)S(=O)(=O)C(F)(F)F)S(=O)(=O)OC(F)(F)F. The molecule has 0 saturated carbocycles. The van der Waals surface area contributed by atoms with Crippen LogP contribution in [-0.2, 0) is 43.9 Å². The quantitative estimate of drug-likeness (QED) is 0.0904. The highest BCUT2D eigenvalue weighted by atomic mass is 79.9. The summed E-state index contributed by atoms with van der Waals surface area (Å²) in [7, 11) is -20.7. The van der Waals surface area contributed by atoms with Crippen LogP contribution in [0.2, 0.25) is 0 Å². The molecule has 0 aromatic heterocycles. The Kier molecular flexibility index (Phi) is 9.40. The first-order valence-electron chi connectivity index (χ1n) is 6.36. The van der Waals surface area contributed by atoms with Gasteiger partial charge >= 0.3 is 37.2 Å². The summed E-state index contributed by atoms with van der Waals surface area (Å²) in [6.45, 7) is -0.808. The number of rotatable bonds is 10. The highest BCUT2D eigenvalue weighted by molar-refractivity contribution is 9.11. The molecular weight excluding hydrogens is 601 g/mol. The van der Waals surface area contributed by atoms with Crippen LogP contribution in [0.4, 0.5) is 30.8 Å². The summed E-state index contributed by atoms with van der Waals surface area (Å²) in [4.78, 5) is 3.63. The van der Waals surface area contributed by atoms with Crippen molar-refractivity contribution in [2.45, 2.75) is 27.6 Å². The largest absolute Gasteiger partial charge is 0.537 e. The van der Waals surface area contributed by atoms with Crippen molar-refractivity contribution >= 4 is 57.7 Å². The third kappa shape index (κ3) is 5.64. The van der Waals surface area contributed by atoms with E-state index < -0.39 is 66.4 Å². The number of hydrogen-bond donors (Lipinski definition) is 0. The maximum absolute atomic E-state index is 14.8. The van der Waals surface area contributed by atoms with Gasteiger partial charge in [-0.3, -0.25) is 4.84 Å². The maximum atomic E-state index is 14.8. The zero-order valence-electron chi connectivity index (χ0n) is 14.0. The van der Waals surface area contributed by atoms with Gasteiger partial charge in [-0.05, 0) is 11.4 Å². The zero-order valence-corrected chi connectivity index (χ0v) is 18.8. The summed E-state index contributed by atoms with van der Waals surface area (Å²) in [6, 6.07) is 0. The monoisotopic (exact) mass is 608 g/mol. The van der Waals surface area contributed by atoms with Crippen molar-refractivity contribution < 1.29 is 69.8 Å². The summed E-state index contributed by atoms with van der Waals surface area (Å²) in [6.07, 6.45) is -6.33. The minimum Gasteiger partial charge on any atom is -0.328 e. The summed E-state index contributed by atoms with van der Waals surface area (Å²) < 4.78 is 162. The van der Waals surface area contributed by atoms with Crippen LogP contribution >= 0.6 is 27.5 Å². The number of sulfonamides is 2. The molecule has 11 nitrogen and oxygen atoms in total. The van der Waals surface area contributed by atoms with Crippen LogP contribution in [-0.4, -0.2) is 68.6 Å². The molecule has 0 aliphatic heterocycles. The van der Waals surface area contributed by atoms with Gasteiger partial charge in [0.15, 0.2) is 0 Å². The molecule has 0 radical (unpaired) electrons. The lowest BCUT2D eigenvalue weighted by molar-refractivity contribution is -0.303. The van der Waals surface area contributed by atoms with E-state index in [9.17, 15) is 56.1 Å². The molecule has 0 fully saturated rings. The topological polar surface area (TPSA) is 137 Å². The predicted octanol–water partition coefficient (Wildman–Crippen LogP) is 1.65. The molecule has 0 N–H and O–H groups in total. The fraction of sp³-hybridized carbons (Fsp3) is 1.00. The first-order chi connectivity index (χ1) is 13.1. The molecule has 0 amide bonds. The molecule has 23 heteroatoms. The Morgan fingerprint density at radius 3 is 1.73 bits per heavy atom. The number of halogens is 9. The van der Waals surface area contributed by atoms with E-state index in [-0.39, 0.29) is 7.11 Å². The Morgan fingerprint density at radius 2 is 1.47 bits per heavy atom. The Balaban J connectivity index is 7.57. The molecular formula is C7H9BrClF7N2O9S3. The summed E-state index contributed by atoms with van der Waals surface area (Å²) >= 11 is 6.99. The van der Waals surface area contributed by atoms with Crippen LogP contribution in [0.3, 0.4) is 0 Å². The lowest BCUT2D eigenvalue weighted by atomic mass is 10.8. The van der Waals surface area contributed by atoms with Gasteiger partial charge in [-0.1, -0.05) is 27.5 Å². The summed E-state index contributed by atoms with van der Waals surface area (Å²) in [5.74, 6) is 0. The van der Waals surface area contributed by atoms with Gasteiger partial charge in [-0.2, -0.15) is 25.8 Å². The molecule has 0 heterocycles. The van der Waals surface area contributed by atoms with E-state index in [1.165, 1.54) is 0 Å². The molecule has 182 valence electrons. The van der Waals surface area contributed by atoms with Gasteiger partial charge in [0.05, 0.1) is 7.11 Å². The zero-order chi connectivity index (χ0) is 24.6. The van der Waals surface area contributed by atoms with Crippen molar-refractivity contribution in [3.05, 3.63) is 0 Å². The Bertz CT molecular complexity index is 923. The first-order valence-corrected chi connectivity index (χ1v) is 12.1. The average Bonchev–Trinajstić information content (AvgIpc) is 2.49. The van der Waals surface area contributed by atoms with Crippen LogP contribution in [0, 0.1) is 0 Å². The minimum absolute atomic E-state index is 0.0903. The second-order valence-electron chi connectivity index (χ2n) is 4.35. The number of nitrogens with zero attached hydrogens (tertiary/aromatic N) is 2. The van der Waals surface area contributed by atoms with Crippen molar-refractivity contribution in [3.8, 4) is 0 Å². The second-order valence-corrected chi connectivity index (χ2v) is 12.3.